The van der Waals surface area contributed by atoms with Crippen LogP contribution in [0.5, 0.6) is 0 Å². The van der Waals surface area contributed by atoms with Crippen LogP contribution in [0.3, 0.4) is 0 Å². The molecule has 1 heterocycles. The van der Waals surface area contributed by atoms with Crippen LogP contribution >= 0.6 is 0 Å². The average molecular weight is 263 g/mol. The van der Waals surface area contributed by atoms with Crippen LogP contribution in [0.2, 0.25) is 0 Å². The van der Waals surface area contributed by atoms with E-state index in [0.717, 1.165) is 44.1 Å². The highest BCUT2D eigenvalue weighted by molar-refractivity contribution is 5.03. The van der Waals surface area contributed by atoms with Gasteiger partial charge in [-0.2, -0.15) is 5.26 Å². The Hall–Kier alpha value is -0.590. The molecule has 2 fully saturated rings. The number of nitriles is 1. The Labute approximate surface area is 118 Å². The quantitative estimate of drug-likeness (QED) is 0.767. The van der Waals surface area contributed by atoms with Gasteiger partial charge in [0.15, 0.2) is 0 Å². The fourth-order valence-corrected chi connectivity index (χ4v) is 3.92. The Morgan fingerprint density at radius 1 is 0.947 bits per heavy atom. The van der Waals surface area contributed by atoms with Gasteiger partial charge in [-0.1, -0.05) is 13.8 Å². The number of piperazine rings is 1. The lowest BCUT2D eigenvalue weighted by molar-refractivity contribution is 0.0310. The Bertz CT molecular complexity index is 326. The SMILES string of the molecule is CC1CC(C)CC(N2CCN(C(C)(C)C#N)CC2)C1. The normalized spacial score (nSPS) is 35.0. The van der Waals surface area contributed by atoms with Crippen LogP contribution in [0.25, 0.3) is 0 Å². The van der Waals surface area contributed by atoms with Crippen LogP contribution in [0.15, 0.2) is 0 Å². The van der Waals surface area contributed by atoms with Crippen molar-refractivity contribution < 1.29 is 0 Å². The summed E-state index contributed by atoms with van der Waals surface area (Å²) < 4.78 is 0. The predicted molar refractivity (Wildman–Crippen MR) is 78.8 cm³/mol. The number of hydrogen-bond acceptors (Lipinski definition) is 3. The molecule has 0 spiro atoms. The molecule has 19 heavy (non-hydrogen) atoms. The minimum atomic E-state index is -0.306. The highest BCUT2D eigenvalue weighted by Gasteiger charge is 2.34. The molecule has 1 saturated carbocycles. The summed E-state index contributed by atoms with van der Waals surface area (Å²) in [6.07, 6.45) is 4.13. The molecule has 1 saturated heterocycles. The van der Waals surface area contributed by atoms with Gasteiger partial charge in [0.05, 0.1) is 6.07 Å². The van der Waals surface area contributed by atoms with Crippen LogP contribution in [-0.2, 0) is 0 Å². The fourth-order valence-electron chi connectivity index (χ4n) is 3.92. The lowest BCUT2D eigenvalue weighted by Crippen LogP contribution is -2.56. The van der Waals surface area contributed by atoms with Gasteiger partial charge in [0, 0.05) is 32.2 Å². The smallest absolute Gasteiger partial charge is 0.103 e. The summed E-state index contributed by atoms with van der Waals surface area (Å²) in [5.74, 6) is 1.75. The fraction of sp³-hybridized carbons (Fsp3) is 0.938. The third kappa shape index (κ3) is 3.49. The number of nitrogens with zero attached hydrogens (tertiary/aromatic N) is 3. The molecule has 0 amide bonds. The van der Waals surface area contributed by atoms with Gasteiger partial charge in [0.2, 0.25) is 0 Å². The van der Waals surface area contributed by atoms with E-state index in [1.54, 1.807) is 0 Å². The van der Waals surface area contributed by atoms with Crippen LogP contribution in [0.4, 0.5) is 0 Å². The van der Waals surface area contributed by atoms with Crippen molar-refractivity contribution in [3.63, 3.8) is 0 Å². The molecule has 0 N–H and O–H groups in total. The third-order valence-electron chi connectivity index (χ3n) is 5.05. The zero-order valence-electron chi connectivity index (χ0n) is 13.0. The second-order valence-corrected chi connectivity index (χ2v) is 7.27. The third-order valence-corrected chi connectivity index (χ3v) is 5.05. The van der Waals surface area contributed by atoms with Crippen molar-refractivity contribution in [1.82, 2.24) is 9.80 Å². The van der Waals surface area contributed by atoms with Gasteiger partial charge >= 0.3 is 0 Å². The summed E-state index contributed by atoms with van der Waals surface area (Å²) in [6, 6.07) is 3.21. The van der Waals surface area contributed by atoms with E-state index in [1.807, 2.05) is 13.8 Å². The molecular formula is C16H29N3. The van der Waals surface area contributed by atoms with Crippen molar-refractivity contribution >= 4 is 0 Å². The molecule has 1 aliphatic carbocycles. The van der Waals surface area contributed by atoms with Gasteiger partial charge in [-0.05, 0) is 44.9 Å². The first-order valence-corrected chi connectivity index (χ1v) is 7.82. The van der Waals surface area contributed by atoms with Gasteiger partial charge in [-0.15, -0.1) is 0 Å². The van der Waals surface area contributed by atoms with Gasteiger partial charge in [0.1, 0.15) is 5.54 Å². The van der Waals surface area contributed by atoms with Crippen molar-refractivity contribution in [3.8, 4) is 6.07 Å². The topological polar surface area (TPSA) is 30.3 Å². The molecule has 2 atom stereocenters. The molecule has 2 rings (SSSR count). The maximum atomic E-state index is 9.23. The molecule has 0 aromatic carbocycles. The van der Waals surface area contributed by atoms with Crippen LogP contribution in [0.1, 0.15) is 47.0 Å². The van der Waals surface area contributed by atoms with Crippen LogP contribution in [0, 0.1) is 23.2 Å². The predicted octanol–water partition coefficient (Wildman–Crippen LogP) is 2.73. The second kappa shape index (κ2) is 5.81. The molecule has 0 radical (unpaired) electrons. The van der Waals surface area contributed by atoms with Crippen molar-refractivity contribution in [2.45, 2.75) is 58.5 Å². The van der Waals surface area contributed by atoms with E-state index >= 15 is 0 Å². The average Bonchev–Trinajstić information content (AvgIpc) is 2.38. The first-order valence-electron chi connectivity index (χ1n) is 7.82. The standard InChI is InChI=1S/C16H29N3/c1-13-9-14(2)11-15(10-13)18-5-7-19(8-6-18)16(3,4)12-17/h13-15H,5-11H2,1-4H3. The van der Waals surface area contributed by atoms with Crippen molar-refractivity contribution in [2.24, 2.45) is 11.8 Å². The molecule has 2 aliphatic rings. The van der Waals surface area contributed by atoms with Gasteiger partial charge < -0.3 is 0 Å². The highest BCUT2D eigenvalue weighted by Crippen LogP contribution is 2.32. The lowest BCUT2D eigenvalue weighted by Gasteiger charge is -2.46. The Morgan fingerprint density at radius 3 is 1.95 bits per heavy atom. The maximum absolute atomic E-state index is 9.23. The van der Waals surface area contributed by atoms with E-state index in [0.29, 0.717) is 0 Å². The molecular weight excluding hydrogens is 234 g/mol. The van der Waals surface area contributed by atoms with Gasteiger partial charge in [0.25, 0.3) is 0 Å². The largest absolute Gasteiger partial charge is 0.298 e. The lowest BCUT2D eigenvalue weighted by atomic mass is 9.79. The summed E-state index contributed by atoms with van der Waals surface area (Å²) in [5.41, 5.74) is -0.306. The zero-order chi connectivity index (χ0) is 14.0. The van der Waals surface area contributed by atoms with E-state index in [2.05, 4.69) is 29.7 Å². The summed E-state index contributed by atoms with van der Waals surface area (Å²) in [5, 5.41) is 9.23. The number of hydrogen-bond donors (Lipinski definition) is 0. The Balaban J connectivity index is 1.88. The van der Waals surface area contributed by atoms with Crippen molar-refractivity contribution in [2.75, 3.05) is 26.2 Å². The molecule has 1 aliphatic heterocycles. The summed E-state index contributed by atoms with van der Waals surface area (Å²) in [7, 11) is 0. The summed E-state index contributed by atoms with van der Waals surface area (Å²) in [4.78, 5) is 5.01. The van der Waals surface area contributed by atoms with E-state index < -0.39 is 0 Å². The molecule has 0 aromatic rings. The second-order valence-electron chi connectivity index (χ2n) is 7.27. The first kappa shape index (κ1) is 14.8. The maximum Gasteiger partial charge on any atom is 0.103 e. The molecule has 3 heteroatoms. The van der Waals surface area contributed by atoms with E-state index in [1.165, 1.54) is 19.3 Å². The highest BCUT2D eigenvalue weighted by atomic mass is 15.3. The van der Waals surface area contributed by atoms with Crippen molar-refractivity contribution in [3.05, 3.63) is 0 Å². The molecule has 0 aromatic heterocycles. The Morgan fingerprint density at radius 2 is 1.47 bits per heavy atom. The minimum Gasteiger partial charge on any atom is -0.298 e. The number of rotatable bonds is 2. The van der Waals surface area contributed by atoms with Crippen LogP contribution in [-0.4, -0.2) is 47.6 Å². The summed E-state index contributed by atoms with van der Waals surface area (Å²) >= 11 is 0. The van der Waals surface area contributed by atoms with Crippen molar-refractivity contribution in [1.29, 1.82) is 5.26 Å². The minimum absolute atomic E-state index is 0.306. The van der Waals surface area contributed by atoms with E-state index in [9.17, 15) is 5.26 Å². The van der Waals surface area contributed by atoms with Gasteiger partial charge in [-0.3, -0.25) is 9.80 Å². The van der Waals surface area contributed by atoms with Gasteiger partial charge in [-0.25, -0.2) is 0 Å². The molecule has 108 valence electrons. The molecule has 0 bridgehead atoms. The summed E-state index contributed by atoms with van der Waals surface area (Å²) in [6.45, 7) is 13.2. The zero-order valence-corrected chi connectivity index (χ0v) is 13.0. The van der Waals surface area contributed by atoms with E-state index in [4.69, 9.17) is 0 Å². The Kier molecular flexibility index (Phi) is 4.53. The first-order chi connectivity index (χ1) is 8.92. The van der Waals surface area contributed by atoms with E-state index in [-0.39, 0.29) is 5.54 Å². The monoisotopic (exact) mass is 263 g/mol. The molecule has 2 unspecified atom stereocenters. The molecule has 3 nitrogen and oxygen atoms in total. The van der Waals surface area contributed by atoms with Crippen LogP contribution < -0.4 is 0 Å².